The molecule has 0 spiro atoms. The second-order valence-electron chi connectivity index (χ2n) is 4.42. The van der Waals surface area contributed by atoms with Crippen molar-refractivity contribution in [2.75, 3.05) is 19.6 Å². The molecule has 0 amide bonds. The lowest BCUT2D eigenvalue weighted by atomic mass is 9.86. The zero-order valence-electron chi connectivity index (χ0n) is 8.62. The number of hydrogen-bond donors (Lipinski definition) is 2. The van der Waals surface area contributed by atoms with Gasteiger partial charge in [0.05, 0.1) is 12.0 Å². The molecule has 1 saturated heterocycles. The summed E-state index contributed by atoms with van der Waals surface area (Å²) in [6, 6.07) is 0.654. The summed E-state index contributed by atoms with van der Waals surface area (Å²) in [4.78, 5) is 13.2. The van der Waals surface area contributed by atoms with Gasteiger partial charge in [-0.25, -0.2) is 0 Å². The SMILES string of the molecule is CCN(C1CC1)C1(CC(=O)O)CNC1. The molecule has 2 aliphatic rings. The lowest BCUT2D eigenvalue weighted by Crippen LogP contribution is -2.70. The first kappa shape index (κ1) is 9.93. The van der Waals surface area contributed by atoms with Gasteiger partial charge in [-0.3, -0.25) is 9.69 Å². The normalized spacial score (nSPS) is 24.7. The van der Waals surface area contributed by atoms with Crippen LogP contribution in [0.5, 0.6) is 0 Å². The van der Waals surface area contributed by atoms with E-state index in [2.05, 4.69) is 17.1 Å². The molecule has 1 heterocycles. The Kier molecular flexibility index (Phi) is 2.49. The molecule has 0 unspecified atom stereocenters. The topological polar surface area (TPSA) is 52.6 Å². The van der Waals surface area contributed by atoms with Crippen molar-refractivity contribution < 1.29 is 9.90 Å². The highest BCUT2D eigenvalue weighted by Gasteiger charge is 2.48. The predicted octanol–water partition coefficient (Wildman–Crippen LogP) is 0.287. The molecule has 1 saturated carbocycles. The van der Waals surface area contributed by atoms with Gasteiger partial charge in [0, 0.05) is 19.1 Å². The van der Waals surface area contributed by atoms with E-state index in [9.17, 15) is 4.79 Å². The molecular formula is C10H18N2O2. The maximum atomic E-state index is 10.8. The predicted molar refractivity (Wildman–Crippen MR) is 53.3 cm³/mol. The molecule has 2 rings (SSSR count). The summed E-state index contributed by atoms with van der Waals surface area (Å²) in [6.45, 7) is 4.77. The third kappa shape index (κ3) is 1.64. The number of nitrogens with zero attached hydrogens (tertiary/aromatic N) is 1. The molecule has 4 heteroatoms. The van der Waals surface area contributed by atoms with Crippen molar-refractivity contribution in [3.05, 3.63) is 0 Å². The molecule has 1 aliphatic heterocycles. The standard InChI is InChI=1S/C10H18N2O2/c1-2-12(8-3-4-8)10(5-9(13)14)6-11-7-10/h8,11H,2-7H2,1H3,(H,13,14). The number of hydrogen-bond acceptors (Lipinski definition) is 3. The van der Waals surface area contributed by atoms with Gasteiger partial charge in [0.25, 0.3) is 0 Å². The minimum atomic E-state index is -0.675. The van der Waals surface area contributed by atoms with E-state index in [-0.39, 0.29) is 12.0 Å². The molecule has 2 N–H and O–H groups in total. The summed E-state index contributed by atoms with van der Waals surface area (Å²) in [5, 5.41) is 12.1. The summed E-state index contributed by atoms with van der Waals surface area (Å²) in [7, 11) is 0. The van der Waals surface area contributed by atoms with Gasteiger partial charge in [0.15, 0.2) is 0 Å². The first-order valence-electron chi connectivity index (χ1n) is 5.37. The summed E-state index contributed by atoms with van der Waals surface area (Å²) < 4.78 is 0. The van der Waals surface area contributed by atoms with Crippen molar-refractivity contribution in [1.29, 1.82) is 0 Å². The van der Waals surface area contributed by atoms with E-state index < -0.39 is 5.97 Å². The van der Waals surface area contributed by atoms with E-state index in [1.807, 2.05) is 0 Å². The van der Waals surface area contributed by atoms with E-state index in [0.717, 1.165) is 19.6 Å². The van der Waals surface area contributed by atoms with E-state index in [4.69, 9.17) is 5.11 Å². The first-order chi connectivity index (χ1) is 6.68. The molecule has 0 aromatic carbocycles. The van der Waals surface area contributed by atoms with Crippen LogP contribution in [0.3, 0.4) is 0 Å². The van der Waals surface area contributed by atoms with Crippen LogP contribution in [0, 0.1) is 0 Å². The Hall–Kier alpha value is -0.610. The monoisotopic (exact) mass is 198 g/mol. The number of aliphatic carboxylic acids is 1. The van der Waals surface area contributed by atoms with Crippen molar-refractivity contribution in [1.82, 2.24) is 10.2 Å². The van der Waals surface area contributed by atoms with Crippen LogP contribution in [0.25, 0.3) is 0 Å². The van der Waals surface area contributed by atoms with Crippen LogP contribution in [-0.2, 0) is 4.79 Å². The lowest BCUT2D eigenvalue weighted by Gasteiger charge is -2.50. The zero-order chi connectivity index (χ0) is 10.2. The zero-order valence-corrected chi connectivity index (χ0v) is 8.62. The second kappa shape index (κ2) is 3.51. The molecule has 2 fully saturated rings. The number of rotatable bonds is 5. The van der Waals surface area contributed by atoms with Crippen LogP contribution in [0.2, 0.25) is 0 Å². The Balaban J connectivity index is 2.04. The number of carboxylic acid groups (broad SMARTS) is 1. The number of nitrogens with one attached hydrogen (secondary N) is 1. The molecule has 1 aliphatic carbocycles. The van der Waals surface area contributed by atoms with Crippen molar-refractivity contribution in [2.24, 2.45) is 0 Å². The average molecular weight is 198 g/mol. The summed E-state index contributed by atoms with van der Waals surface area (Å²) in [5.41, 5.74) is -0.0816. The smallest absolute Gasteiger partial charge is 0.305 e. The third-order valence-corrected chi connectivity index (χ3v) is 3.33. The van der Waals surface area contributed by atoms with Crippen LogP contribution in [0.1, 0.15) is 26.2 Å². The molecular weight excluding hydrogens is 180 g/mol. The van der Waals surface area contributed by atoms with E-state index in [1.165, 1.54) is 12.8 Å². The Bertz CT molecular complexity index is 234. The summed E-state index contributed by atoms with van der Waals surface area (Å²) >= 11 is 0. The van der Waals surface area contributed by atoms with Gasteiger partial charge in [-0.2, -0.15) is 0 Å². The van der Waals surface area contributed by atoms with Crippen molar-refractivity contribution in [3.8, 4) is 0 Å². The highest BCUT2D eigenvalue weighted by molar-refractivity contribution is 5.69. The lowest BCUT2D eigenvalue weighted by molar-refractivity contribution is -0.142. The average Bonchev–Trinajstić information content (AvgIpc) is 2.84. The Morgan fingerprint density at radius 3 is 2.50 bits per heavy atom. The second-order valence-corrected chi connectivity index (χ2v) is 4.42. The maximum Gasteiger partial charge on any atom is 0.305 e. The molecule has 0 aromatic heterocycles. The van der Waals surface area contributed by atoms with Crippen LogP contribution in [-0.4, -0.2) is 47.2 Å². The quantitative estimate of drug-likeness (QED) is 0.666. The molecule has 0 radical (unpaired) electrons. The highest BCUT2D eigenvalue weighted by atomic mass is 16.4. The molecule has 0 bridgehead atoms. The van der Waals surface area contributed by atoms with Gasteiger partial charge in [0.2, 0.25) is 0 Å². The Morgan fingerprint density at radius 2 is 2.21 bits per heavy atom. The summed E-state index contributed by atoms with van der Waals surface area (Å²) in [5.74, 6) is -0.675. The van der Waals surface area contributed by atoms with Crippen molar-refractivity contribution in [3.63, 3.8) is 0 Å². The molecule has 0 atom stereocenters. The van der Waals surface area contributed by atoms with Gasteiger partial charge in [0.1, 0.15) is 0 Å². The number of likely N-dealkylation sites (N-methyl/N-ethyl adjacent to an activating group) is 1. The number of carbonyl (C=O) groups is 1. The van der Waals surface area contributed by atoms with Gasteiger partial charge in [-0.05, 0) is 19.4 Å². The fourth-order valence-corrected chi connectivity index (χ4v) is 2.49. The Labute approximate surface area is 84.3 Å². The maximum absolute atomic E-state index is 10.8. The molecule has 80 valence electrons. The fourth-order valence-electron chi connectivity index (χ4n) is 2.49. The summed E-state index contributed by atoms with van der Waals surface area (Å²) in [6.07, 6.45) is 2.77. The van der Waals surface area contributed by atoms with Crippen molar-refractivity contribution >= 4 is 5.97 Å². The fraction of sp³-hybridized carbons (Fsp3) is 0.900. The minimum Gasteiger partial charge on any atom is -0.481 e. The largest absolute Gasteiger partial charge is 0.481 e. The molecule has 4 nitrogen and oxygen atoms in total. The van der Waals surface area contributed by atoms with Gasteiger partial charge < -0.3 is 10.4 Å². The van der Waals surface area contributed by atoms with E-state index in [1.54, 1.807) is 0 Å². The highest BCUT2D eigenvalue weighted by Crippen LogP contribution is 2.36. The first-order valence-corrected chi connectivity index (χ1v) is 5.37. The van der Waals surface area contributed by atoms with Crippen LogP contribution in [0.4, 0.5) is 0 Å². The number of carboxylic acids is 1. The molecule has 0 aromatic rings. The van der Waals surface area contributed by atoms with E-state index in [0.29, 0.717) is 6.04 Å². The van der Waals surface area contributed by atoms with Crippen LogP contribution >= 0.6 is 0 Å². The van der Waals surface area contributed by atoms with Gasteiger partial charge >= 0.3 is 5.97 Å². The molecule has 14 heavy (non-hydrogen) atoms. The van der Waals surface area contributed by atoms with Crippen LogP contribution in [0.15, 0.2) is 0 Å². The minimum absolute atomic E-state index is 0.0816. The van der Waals surface area contributed by atoms with E-state index >= 15 is 0 Å². The van der Waals surface area contributed by atoms with Gasteiger partial charge in [-0.15, -0.1) is 0 Å². The van der Waals surface area contributed by atoms with Crippen molar-refractivity contribution in [2.45, 2.75) is 37.8 Å². The van der Waals surface area contributed by atoms with Crippen LogP contribution < -0.4 is 5.32 Å². The Morgan fingerprint density at radius 1 is 1.57 bits per heavy atom. The third-order valence-electron chi connectivity index (χ3n) is 3.33. The van der Waals surface area contributed by atoms with Gasteiger partial charge in [-0.1, -0.05) is 6.92 Å².